The first-order chi connectivity index (χ1) is 11.6. The minimum Gasteiger partial charge on any atom is -0.473 e. The van der Waals surface area contributed by atoms with Crippen molar-refractivity contribution in [3.8, 4) is 5.75 Å². The average molecular weight is 357 g/mol. The van der Waals surface area contributed by atoms with Crippen molar-refractivity contribution in [2.24, 2.45) is 11.3 Å². The van der Waals surface area contributed by atoms with Crippen molar-refractivity contribution >= 4 is 5.91 Å². The molecule has 3 rings (SSSR count). The van der Waals surface area contributed by atoms with Crippen molar-refractivity contribution in [3.63, 3.8) is 0 Å². The third-order valence-electron chi connectivity index (χ3n) is 5.47. The Morgan fingerprint density at radius 3 is 2.68 bits per heavy atom. The molecule has 1 aliphatic carbocycles. The normalized spacial score (nSPS) is 26.5. The Hall–Kier alpha value is -1.76. The predicted octanol–water partition coefficient (Wildman–Crippen LogP) is 3.57. The summed E-state index contributed by atoms with van der Waals surface area (Å²) in [4.78, 5) is 14.6. The van der Waals surface area contributed by atoms with Gasteiger partial charge < -0.3 is 14.7 Å². The number of rotatable bonds is 2. The van der Waals surface area contributed by atoms with Gasteiger partial charge in [0.2, 0.25) is 5.91 Å². The number of ether oxygens (including phenoxy) is 1. The van der Waals surface area contributed by atoms with Gasteiger partial charge >= 0.3 is 6.18 Å². The molecule has 1 N–H and O–H groups in total. The molecule has 25 heavy (non-hydrogen) atoms. The molecule has 1 unspecified atom stereocenters. The number of hydrogen-bond acceptors (Lipinski definition) is 3. The maximum absolute atomic E-state index is 13.1. The molecule has 0 saturated heterocycles. The van der Waals surface area contributed by atoms with Crippen molar-refractivity contribution in [2.75, 3.05) is 6.73 Å². The van der Waals surface area contributed by atoms with E-state index < -0.39 is 23.3 Å². The molecule has 1 saturated carbocycles. The molecule has 4 nitrogen and oxygen atoms in total. The van der Waals surface area contributed by atoms with Crippen molar-refractivity contribution in [1.82, 2.24) is 4.90 Å². The van der Waals surface area contributed by atoms with Gasteiger partial charge in [0.15, 0.2) is 6.73 Å². The second-order valence-corrected chi connectivity index (χ2v) is 7.30. The van der Waals surface area contributed by atoms with Crippen LogP contribution in [0, 0.1) is 11.3 Å². The fourth-order valence-corrected chi connectivity index (χ4v) is 3.88. The first kappa shape index (κ1) is 18.0. The average Bonchev–Trinajstić information content (AvgIpc) is 2.95. The van der Waals surface area contributed by atoms with E-state index in [2.05, 4.69) is 0 Å². The first-order valence-corrected chi connectivity index (χ1v) is 8.44. The van der Waals surface area contributed by atoms with Gasteiger partial charge in [0.25, 0.3) is 0 Å². The summed E-state index contributed by atoms with van der Waals surface area (Å²) in [5.74, 6) is 0.254. The number of carbonyl (C=O) groups is 1. The zero-order chi connectivity index (χ0) is 18.4. The Labute approximate surface area is 144 Å². The van der Waals surface area contributed by atoms with Crippen molar-refractivity contribution in [1.29, 1.82) is 0 Å². The summed E-state index contributed by atoms with van der Waals surface area (Å²) in [6.45, 7) is 3.98. The highest BCUT2D eigenvalue weighted by molar-refractivity contribution is 5.83. The van der Waals surface area contributed by atoms with E-state index in [1.807, 2.05) is 13.8 Å². The molecule has 0 spiro atoms. The van der Waals surface area contributed by atoms with Gasteiger partial charge in [-0.05, 0) is 43.4 Å². The minimum atomic E-state index is -4.43. The van der Waals surface area contributed by atoms with E-state index in [-0.39, 0.29) is 25.1 Å². The van der Waals surface area contributed by atoms with E-state index in [0.29, 0.717) is 30.6 Å². The molecule has 2 atom stereocenters. The monoisotopic (exact) mass is 357 g/mol. The standard InChI is InChI=1S/C18H22F3NO3/c1-11(2)17(6-5-14(23)8-17)16(24)22-9-12-7-13(18(19,20)21)3-4-15(12)25-10-22/h3-4,7,11,14,23H,5-6,8-10H2,1-2H3/t14?,17-/m0/s1. The van der Waals surface area contributed by atoms with Gasteiger partial charge in [0.1, 0.15) is 5.75 Å². The van der Waals surface area contributed by atoms with E-state index in [1.165, 1.54) is 11.0 Å². The van der Waals surface area contributed by atoms with Crippen LogP contribution in [0.15, 0.2) is 18.2 Å². The number of aliphatic hydroxyl groups is 1. The Morgan fingerprint density at radius 1 is 1.40 bits per heavy atom. The zero-order valence-corrected chi connectivity index (χ0v) is 14.3. The number of fused-ring (bicyclic) bond motifs is 1. The van der Waals surface area contributed by atoms with E-state index in [0.717, 1.165) is 12.1 Å². The largest absolute Gasteiger partial charge is 0.473 e. The summed E-state index contributed by atoms with van der Waals surface area (Å²) in [6.07, 6.45) is -3.42. The third-order valence-corrected chi connectivity index (χ3v) is 5.47. The second-order valence-electron chi connectivity index (χ2n) is 7.30. The molecular weight excluding hydrogens is 335 g/mol. The van der Waals surface area contributed by atoms with Gasteiger partial charge in [0, 0.05) is 5.56 Å². The number of aliphatic hydroxyl groups excluding tert-OH is 1. The number of amides is 1. The van der Waals surface area contributed by atoms with Gasteiger partial charge in [-0.3, -0.25) is 4.79 Å². The lowest BCUT2D eigenvalue weighted by atomic mass is 9.74. The molecule has 1 fully saturated rings. The van der Waals surface area contributed by atoms with E-state index >= 15 is 0 Å². The third kappa shape index (κ3) is 3.21. The molecule has 0 radical (unpaired) electrons. The highest BCUT2D eigenvalue weighted by Crippen LogP contribution is 2.46. The molecule has 0 aromatic heterocycles. The van der Waals surface area contributed by atoms with Crippen LogP contribution in [0.1, 0.15) is 44.2 Å². The fourth-order valence-electron chi connectivity index (χ4n) is 3.88. The summed E-state index contributed by atoms with van der Waals surface area (Å²) >= 11 is 0. The van der Waals surface area contributed by atoms with Crippen molar-refractivity contribution in [3.05, 3.63) is 29.3 Å². The summed E-state index contributed by atoms with van der Waals surface area (Å²) in [7, 11) is 0. The molecule has 1 aromatic rings. The van der Waals surface area contributed by atoms with Crippen LogP contribution < -0.4 is 4.74 Å². The summed E-state index contributed by atoms with van der Waals surface area (Å²) < 4.78 is 44.3. The summed E-state index contributed by atoms with van der Waals surface area (Å²) in [6, 6.07) is 3.33. The van der Waals surface area contributed by atoms with Gasteiger partial charge in [-0.1, -0.05) is 13.8 Å². The van der Waals surface area contributed by atoms with Crippen LogP contribution in [0.3, 0.4) is 0 Å². The van der Waals surface area contributed by atoms with Crippen LogP contribution in [0.2, 0.25) is 0 Å². The Morgan fingerprint density at radius 2 is 2.12 bits per heavy atom. The maximum Gasteiger partial charge on any atom is 0.416 e. The Bertz CT molecular complexity index is 674. The number of benzene rings is 1. The molecule has 7 heteroatoms. The van der Waals surface area contributed by atoms with Crippen molar-refractivity contribution in [2.45, 2.75) is 51.9 Å². The van der Waals surface area contributed by atoms with Crippen LogP contribution >= 0.6 is 0 Å². The highest BCUT2D eigenvalue weighted by Gasteiger charge is 2.49. The lowest BCUT2D eigenvalue weighted by Gasteiger charge is -2.39. The molecule has 1 aliphatic heterocycles. The van der Waals surface area contributed by atoms with Gasteiger partial charge in [-0.25, -0.2) is 0 Å². The zero-order valence-electron chi connectivity index (χ0n) is 14.3. The number of nitrogens with zero attached hydrogens (tertiary/aromatic N) is 1. The van der Waals surface area contributed by atoms with Gasteiger partial charge in [0.05, 0.1) is 23.6 Å². The molecule has 1 aromatic carbocycles. The Balaban J connectivity index is 1.85. The molecule has 2 aliphatic rings. The lowest BCUT2D eigenvalue weighted by Crippen LogP contribution is -2.48. The van der Waals surface area contributed by atoms with Crippen LogP contribution in [0.25, 0.3) is 0 Å². The smallest absolute Gasteiger partial charge is 0.416 e. The van der Waals surface area contributed by atoms with Crippen LogP contribution in [0.4, 0.5) is 13.2 Å². The SMILES string of the molecule is CC(C)[C@]1(C(=O)N2COc3ccc(C(F)(F)F)cc3C2)CCC(O)C1. The first-order valence-electron chi connectivity index (χ1n) is 8.44. The van der Waals surface area contributed by atoms with Gasteiger partial charge in [-0.15, -0.1) is 0 Å². The number of carbonyl (C=O) groups excluding carboxylic acids is 1. The van der Waals surface area contributed by atoms with E-state index in [4.69, 9.17) is 4.74 Å². The van der Waals surface area contributed by atoms with Crippen molar-refractivity contribution < 1.29 is 27.8 Å². The van der Waals surface area contributed by atoms with E-state index in [1.54, 1.807) is 0 Å². The highest BCUT2D eigenvalue weighted by atomic mass is 19.4. The number of halogens is 3. The Kier molecular flexibility index (Phi) is 4.47. The maximum atomic E-state index is 13.1. The van der Waals surface area contributed by atoms with E-state index in [9.17, 15) is 23.1 Å². The van der Waals surface area contributed by atoms with Crippen LogP contribution in [-0.4, -0.2) is 28.7 Å². The minimum absolute atomic E-state index is 0.0156. The molecular formula is C18H22F3NO3. The molecule has 1 amide bonds. The number of alkyl halides is 3. The number of hydrogen-bond donors (Lipinski definition) is 1. The van der Waals surface area contributed by atoms with Crippen LogP contribution in [-0.2, 0) is 17.5 Å². The molecule has 0 bridgehead atoms. The fraction of sp³-hybridized carbons (Fsp3) is 0.611. The topological polar surface area (TPSA) is 49.8 Å². The van der Waals surface area contributed by atoms with Crippen LogP contribution in [0.5, 0.6) is 5.75 Å². The lowest BCUT2D eigenvalue weighted by molar-refractivity contribution is -0.150. The second kappa shape index (κ2) is 6.20. The summed E-state index contributed by atoms with van der Waals surface area (Å²) in [5.41, 5.74) is -1.08. The predicted molar refractivity (Wildman–Crippen MR) is 84.6 cm³/mol. The molecule has 1 heterocycles. The summed E-state index contributed by atoms with van der Waals surface area (Å²) in [5, 5.41) is 9.92. The molecule has 138 valence electrons. The quantitative estimate of drug-likeness (QED) is 0.880. The van der Waals surface area contributed by atoms with Gasteiger partial charge in [-0.2, -0.15) is 13.2 Å².